The van der Waals surface area contributed by atoms with Gasteiger partial charge in [-0.05, 0) is 48.6 Å². The van der Waals surface area contributed by atoms with E-state index in [1.54, 1.807) is 24.9 Å². The molecule has 222 valence electrons. The number of carbonyl (C=O) groups excluding carboxylic acids is 1. The molecule has 0 spiro atoms. The molecule has 0 aromatic heterocycles. The van der Waals surface area contributed by atoms with Gasteiger partial charge in [0.25, 0.3) is 5.91 Å². The van der Waals surface area contributed by atoms with Crippen LogP contribution in [0.3, 0.4) is 0 Å². The molecule has 1 heterocycles. The Morgan fingerprint density at radius 2 is 1.55 bits per heavy atom. The van der Waals surface area contributed by atoms with Crippen LogP contribution in [0.2, 0.25) is 0 Å². The van der Waals surface area contributed by atoms with E-state index < -0.39 is 0 Å². The molecule has 1 aliphatic heterocycles. The molecule has 0 unspecified atom stereocenters. The van der Waals surface area contributed by atoms with Crippen molar-refractivity contribution in [3.63, 3.8) is 0 Å². The van der Waals surface area contributed by atoms with Crippen LogP contribution in [-0.4, -0.2) is 30.4 Å². The first-order valence-corrected chi connectivity index (χ1v) is 15.9. The predicted octanol–water partition coefficient (Wildman–Crippen LogP) is 9.97. The first-order valence-electron chi connectivity index (χ1n) is 14.9. The van der Waals surface area contributed by atoms with E-state index in [1.807, 2.05) is 30.3 Å². The number of hydrogen-bond donors (Lipinski definition) is 1. The largest absolute Gasteiger partial charge is 0.493 e. The van der Waals surface area contributed by atoms with Crippen molar-refractivity contribution in [2.45, 2.75) is 97.4 Å². The van der Waals surface area contributed by atoms with Crippen LogP contribution < -0.4 is 14.8 Å². The van der Waals surface area contributed by atoms with E-state index in [2.05, 4.69) is 35.5 Å². The third kappa shape index (κ3) is 11.8. The fourth-order valence-corrected chi connectivity index (χ4v) is 5.77. The molecule has 0 aliphatic carbocycles. The molecule has 2 aromatic rings. The number of allylic oxidation sites excluding steroid dienone is 1. The SMILES string of the molecule is Br.CCCCCCCCCCCCCCOc1ccc(C(=O)Nc2ccccc2CN2CSC=C2C)cc1OC. The monoisotopic (exact) mass is 632 g/mol. The summed E-state index contributed by atoms with van der Waals surface area (Å²) in [6, 6.07) is 13.4. The number of benzene rings is 2. The van der Waals surface area contributed by atoms with Gasteiger partial charge in [0, 0.05) is 23.5 Å². The highest BCUT2D eigenvalue weighted by Gasteiger charge is 2.16. The lowest BCUT2D eigenvalue weighted by Crippen LogP contribution is -2.19. The molecule has 7 heteroatoms. The smallest absolute Gasteiger partial charge is 0.255 e. The molecule has 0 saturated heterocycles. The molecule has 5 nitrogen and oxygen atoms in total. The van der Waals surface area contributed by atoms with E-state index in [0.717, 1.165) is 30.1 Å². The van der Waals surface area contributed by atoms with Crippen LogP contribution in [0.1, 0.15) is 107 Å². The van der Waals surface area contributed by atoms with E-state index in [0.29, 0.717) is 23.7 Å². The Bertz CT molecular complexity index is 1050. The van der Waals surface area contributed by atoms with Crippen LogP contribution in [0.4, 0.5) is 5.69 Å². The van der Waals surface area contributed by atoms with E-state index in [-0.39, 0.29) is 22.9 Å². The summed E-state index contributed by atoms with van der Waals surface area (Å²) >= 11 is 1.80. The van der Waals surface area contributed by atoms with Gasteiger partial charge in [-0.1, -0.05) is 95.8 Å². The average Bonchev–Trinajstić information content (AvgIpc) is 3.36. The number of nitrogens with one attached hydrogen (secondary N) is 1. The fraction of sp³-hybridized carbons (Fsp3) is 0.545. The van der Waals surface area contributed by atoms with Gasteiger partial charge in [-0.15, -0.1) is 28.7 Å². The van der Waals surface area contributed by atoms with Crippen molar-refractivity contribution in [1.82, 2.24) is 4.90 Å². The van der Waals surface area contributed by atoms with E-state index in [1.165, 1.54) is 76.3 Å². The summed E-state index contributed by atoms with van der Waals surface area (Å²) in [6.45, 7) is 5.82. The molecule has 0 fully saturated rings. The second-order valence-electron chi connectivity index (χ2n) is 10.5. The van der Waals surface area contributed by atoms with Crippen LogP contribution in [-0.2, 0) is 6.54 Å². The minimum atomic E-state index is -0.156. The number of halogens is 1. The summed E-state index contributed by atoms with van der Waals surface area (Å²) in [7, 11) is 1.62. The highest BCUT2D eigenvalue weighted by atomic mass is 79.9. The molecule has 40 heavy (non-hydrogen) atoms. The van der Waals surface area contributed by atoms with Crippen molar-refractivity contribution in [2.24, 2.45) is 0 Å². The van der Waals surface area contributed by atoms with Crippen LogP contribution >= 0.6 is 28.7 Å². The van der Waals surface area contributed by atoms with Crippen molar-refractivity contribution in [3.8, 4) is 11.5 Å². The molecule has 2 aromatic carbocycles. The highest BCUT2D eigenvalue weighted by molar-refractivity contribution is 8.93. The lowest BCUT2D eigenvalue weighted by molar-refractivity contribution is 0.102. The summed E-state index contributed by atoms with van der Waals surface area (Å²) in [5.74, 6) is 2.05. The van der Waals surface area contributed by atoms with Gasteiger partial charge in [-0.3, -0.25) is 4.79 Å². The molecule has 0 atom stereocenters. The molecular weight excluding hydrogens is 584 g/mol. The topological polar surface area (TPSA) is 50.8 Å². The van der Waals surface area contributed by atoms with Gasteiger partial charge >= 0.3 is 0 Å². The average molecular weight is 634 g/mol. The zero-order valence-electron chi connectivity index (χ0n) is 24.7. The van der Waals surface area contributed by atoms with Crippen molar-refractivity contribution in [3.05, 3.63) is 64.7 Å². The lowest BCUT2D eigenvalue weighted by atomic mass is 10.1. The minimum Gasteiger partial charge on any atom is -0.493 e. The number of rotatable bonds is 19. The number of amides is 1. The number of ether oxygens (including phenoxy) is 2. The number of carbonyl (C=O) groups is 1. The lowest BCUT2D eigenvalue weighted by Gasteiger charge is -2.21. The Morgan fingerprint density at radius 3 is 2.17 bits per heavy atom. The first-order chi connectivity index (χ1) is 19.1. The van der Waals surface area contributed by atoms with E-state index in [4.69, 9.17) is 9.47 Å². The number of para-hydroxylation sites is 1. The van der Waals surface area contributed by atoms with Gasteiger partial charge < -0.3 is 19.7 Å². The van der Waals surface area contributed by atoms with Gasteiger partial charge in [0.05, 0.1) is 19.6 Å². The molecule has 3 rings (SSSR count). The second kappa shape index (κ2) is 19.9. The minimum absolute atomic E-state index is 0. The molecule has 1 aliphatic rings. The third-order valence-electron chi connectivity index (χ3n) is 7.29. The Hall–Kier alpha value is -2.12. The molecule has 0 saturated carbocycles. The maximum Gasteiger partial charge on any atom is 0.255 e. The normalized spacial score (nSPS) is 12.6. The maximum atomic E-state index is 13.1. The van der Waals surface area contributed by atoms with Gasteiger partial charge in [0.2, 0.25) is 0 Å². The molecule has 0 bridgehead atoms. The maximum absolute atomic E-state index is 13.1. The number of hydrogen-bond acceptors (Lipinski definition) is 5. The quantitative estimate of drug-likeness (QED) is 0.156. The Labute approximate surface area is 257 Å². The van der Waals surface area contributed by atoms with Crippen LogP contribution in [0.25, 0.3) is 0 Å². The molecule has 1 N–H and O–H groups in total. The molecular formula is C33H49BrN2O3S. The number of methoxy groups -OCH3 is 1. The summed E-state index contributed by atoms with van der Waals surface area (Å²) < 4.78 is 11.6. The number of thioether (sulfide) groups is 1. The summed E-state index contributed by atoms with van der Waals surface area (Å²) in [5.41, 5.74) is 3.73. The van der Waals surface area contributed by atoms with Crippen molar-refractivity contribution in [2.75, 3.05) is 24.9 Å². The number of unbranched alkanes of at least 4 members (excludes halogenated alkanes) is 11. The number of nitrogens with zero attached hydrogens (tertiary/aromatic N) is 1. The Morgan fingerprint density at radius 1 is 0.900 bits per heavy atom. The second-order valence-corrected chi connectivity index (χ2v) is 11.3. The van der Waals surface area contributed by atoms with Gasteiger partial charge in [-0.25, -0.2) is 0 Å². The van der Waals surface area contributed by atoms with E-state index >= 15 is 0 Å². The number of anilines is 1. The Kier molecular flexibility index (Phi) is 16.9. The summed E-state index contributed by atoms with van der Waals surface area (Å²) in [4.78, 5) is 15.4. The fourth-order valence-electron chi connectivity index (χ4n) is 4.83. The highest BCUT2D eigenvalue weighted by Crippen LogP contribution is 2.30. The van der Waals surface area contributed by atoms with Crippen molar-refractivity contribution >= 4 is 40.3 Å². The van der Waals surface area contributed by atoms with E-state index in [9.17, 15) is 4.79 Å². The van der Waals surface area contributed by atoms with Crippen molar-refractivity contribution < 1.29 is 14.3 Å². The Balaban J connectivity index is 0.00000560. The zero-order chi connectivity index (χ0) is 27.7. The molecule has 0 radical (unpaired) electrons. The van der Waals surface area contributed by atoms with Gasteiger partial charge in [0.1, 0.15) is 0 Å². The van der Waals surface area contributed by atoms with Crippen LogP contribution in [0.15, 0.2) is 53.6 Å². The predicted molar refractivity (Wildman–Crippen MR) is 176 cm³/mol. The van der Waals surface area contributed by atoms with Gasteiger partial charge in [0.15, 0.2) is 11.5 Å². The first kappa shape index (κ1) is 34.1. The van der Waals surface area contributed by atoms with Crippen LogP contribution in [0, 0.1) is 0 Å². The summed E-state index contributed by atoms with van der Waals surface area (Å²) in [5, 5.41) is 5.27. The molecule has 1 amide bonds. The zero-order valence-corrected chi connectivity index (χ0v) is 27.2. The van der Waals surface area contributed by atoms with Gasteiger partial charge in [-0.2, -0.15) is 0 Å². The standard InChI is InChI=1S/C33H48N2O3S.BrH/c1-4-5-6-7-8-9-10-11-12-13-14-17-22-38-31-21-20-28(23-32(31)37-3)33(36)34-30-19-16-15-18-29(30)24-35-26-39-25-27(35)2;/h15-16,18-21,23,25H,4-14,17,22,24,26H2,1-3H3,(H,34,36);1H. The van der Waals surface area contributed by atoms with Crippen LogP contribution in [0.5, 0.6) is 11.5 Å². The van der Waals surface area contributed by atoms with Crippen molar-refractivity contribution in [1.29, 1.82) is 0 Å². The third-order valence-corrected chi connectivity index (χ3v) is 8.26. The summed E-state index contributed by atoms with van der Waals surface area (Å²) in [6.07, 6.45) is 15.8.